The molecule has 0 aromatic heterocycles. The lowest BCUT2D eigenvalue weighted by atomic mass is 9.98. The molecule has 6 unspecified atom stereocenters. The van der Waals surface area contributed by atoms with Crippen molar-refractivity contribution in [1.82, 2.24) is 0 Å². The average molecular weight is 342 g/mol. The van der Waals surface area contributed by atoms with Gasteiger partial charge in [-0.05, 0) is 0 Å². The maximum Gasteiger partial charge on any atom is 0.186 e. The molecule has 11 heteroatoms. The Morgan fingerprint density at radius 2 is 1.22 bits per heavy atom. The molecule has 2 rings (SSSR count). The molecular formula is C12H22O11. The summed E-state index contributed by atoms with van der Waals surface area (Å²) in [6.45, 7) is -1.10. The lowest BCUT2D eigenvalue weighted by Crippen LogP contribution is -2.61. The lowest BCUT2D eigenvalue weighted by Gasteiger charge is -2.41. The molecule has 0 radical (unpaired) electrons. The topological polar surface area (TPSA) is 190 Å². The maximum atomic E-state index is 9.78. The molecule has 0 aromatic carbocycles. The first-order valence-electron chi connectivity index (χ1n) is 7.07. The highest BCUT2D eigenvalue weighted by Gasteiger charge is 2.46. The first kappa shape index (κ1) is 18.9. The average Bonchev–Trinajstić information content (AvgIpc) is 2.54. The summed E-state index contributed by atoms with van der Waals surface area (Å²) in [6.07, 6.45) is -15.3. The molecule has 8 N–H and O–H groups in total. The highest BCUT2D eigenvalue weighted by molar-refractivity contribution is 4.91. The van der Waals surface area contributed by atoms with Crippen molar-refractivity contribution in [2.45, 2.75) is 61.4 Å². The number of rotatable bonds is 4. The van der Waals surface area contributed by atoms with Crippen LogP contribution in [0.15, 0.2) is 0 Å². The normalized spacial score (nSPS) is 51.7. The van der Waals surface area contributed by atoms with Crippen molar-refractivity contribution in [3.8, 4) is 0 Å². The van der Waals surface area contributed by atoms with Crippen molar-refractivity contribution >= 4 is 0 Å². The number of hydrogen-bond donors (Lipinski definition) is 8. The minimum atomic E-state index is -1.74. The van der Waals surface area contributed by atoms with Crippen molar-refractivity contribution in [2.75, 3.05) is 13.2 Å². The minimum Gasteiger partial charge on any atom is -0.394 e. The van der Waals surface area contributed by atoms with Gasteiger partial charge in [0.15, 0.2) is 12.6 Å². The second-order valence-electron chi connectivity index (χ2n) is 5.57. The van der Waals surface area contributed by atoms with Gasteiger partial charge in [-0.3, -0.25) is 0 Å². The molecular weight excluding hydrogens is 320 g/mol. The molecule has 2 aliphatic rings. The van der Waals surface area contributed by atoms with Crippen LogP contribution in [0.4, 0.5) is 0 Å². The van der Waals surface area contributed by atoms with Crippen molar-refractivity contribution in [1.29, 1.82) is 0 Å². The molecule has 2 heterocycles. The van der Waals surface area contributed by atoms with Gasteiger partial charge in [0, 0.05) is 0 Å². The first-order valence-corrected chi connectivity index (χ1v) is 7.07. The number of ether oxygens (including phenoxy) is 3. The van der Waals surface area contributed by atoms with Crippen LogP contribution in [0.3, 0.4) is 0 Å². The smallest absolute Gasteiger partial charge is 0.186 e. The van der Waals surface area contributed by atoms with Gasteiger partial charge in [0.25, 0.3) is 0 Å². The summed E-state index contributed by atoms with van der Waals surface area (Å²) in [5.41, 5.74) is 0. The summed E-state index contributed by atoms with van der Waals surface area (Å²) in [4.78, 5) is 0. The Balaban J connectivity index is 1.94. The molecule has 0 bridgehead atoms. The lowest BCUT2D eigenvalue weighted by molar-refractivity contribution is -0.325. The third-order valence-corrected chi connectivity index (χ3v) is 3.96. The largest absolute Gasteiger partial charge is 0.394 e. The van der Waals surface area contributed by atoms with Crippen LogP contribution in [0, 0.1) is 0 Å². The van der Waals surface area contributed by atoms with Gasteiger partial charge >= 0.3 is 0 Å². The van der Waals surface area contributed by atoms with E-state index in [1.165, 1.54) is 0 Å². The van der Waals surface area contributed by atoms with E-state index < -0.39 is 74.6 Å². The van der Waals surface area contributed by atoms with Gasteiger partial charge in [-0.25, -0.2) is 0 Å². The van der Waals surface area contributed by atoms with Crippen LogP contribution in [0.2, 0.25) is 0 Å². The van der Waals surface area contributed by atoms with E-state index in [0.29, 0.717) is 0 Å². The van der Waals surface area contributed by atoms with E-state index in [2.05, 4.69) is 0 Å². The van der Waals surface area contributed by atoms with Crippen molar-refractivity contribution < 1.29 is 55.1 Å². The second-order valence-corrected chi connectivity index (χ2v) is 5.57. The molecule has 2 fully saturated rings. The Morgan fingerprint density at radius 1 is 0.652 bits per heavy atom. The fraction of sp³-hybridized carbons (Fsp3) is 1.00. The van der Waals surface area contributed by atoms with Gasteiger partial charge in [0.1, 0.15) is 48.8 Å². The van der Waals surface area contributed by atoms with Crippen molar-refractivity contribution in [3.05, 3.63) is 0 Å². The summed E-state index contributed by atoms with van der Waals surface area (Å²) >= 11 is 0. The predicted molar refractivity (Wildman–Crippen MR) is 68.6 cm³/mol. The van der Waals surface area contributed by atoms with E-state index in [1.54, 1.807) is 0 Å². The molecule has 2 aliphatic heterocycles. The molecule has 0 aliphatic carbocycles. The molecule has 0 amide bonds. The highest BCUT2D eigenvalue weighted by Crippen LogP contribution is 2.24. The number of aliphatic hydroxyl groups excluding tert-OH is 8. The quantitative estimate of drug-likeness (QED) is 0.243. The monoisotopic (exact) mass is 342 g/mol. The van der Waals surface area contributed by atoms with E-state index in [0.717, 1.165) is 0 Å². The summed E-state index contributed by atoms with van der Waals surface area (Å²) in [5.74, 6) is 0. The molecule has 10 atom stereocenters. The van der Waals surface area contributed by atoms with Crippen LogP contribution in [-0.2, 0) is 14.2 Å². The zero-order valence-electron chi connectivity index (χ0n) is 12.0. The van der Waals surface area contributed by atoms with Crippen LogP contribution in [0.1, 0.15) is 0 Å². The summed E-state index contributed by atoms with van der Waals surface area (Å²) in [6, 6.07) is 0. The molecule has 0 aromatic rings. The van der Waals surface area contributed by atoms with Gasteiger partial charge in [-0.1, -0.05) is 0 Å². The van der Waals surface area contributed by atoms with Crippen molar-refractivity contribution in [2.24, 2.45) is 0 Å². The third-order valence-electron chi connectivity index (χ3n) is 3.96. The van der Waals surface area contributed by atoms with Crippen LogP contribution in [-0.4, -0.2) is 115 Å². The second kappa shape index (κ2) is 7.63. The molecule has 0 saturated carbocycles. The van der Waals surface area contributed by atoms with Crippen LogP contribution < -0.4 is 0 Å². The Kier molecular flexibility index (Phi) is 6.27. The molecule has 23 heavy (non-hydrogen) atoms. The SMILES string of the molecule is OCC1O[C@H](OCC2O[C@@H](O)C(O)C(O)[C@@H]2O)C(O)C(O)[C@@H]1O. The van der Waals surface area contributed by atoms with Gasteiger partial charge in [0.05, 0.1) is 13.2 Å². The Hall–Kier alpha value is -0.440. The fourth-order valence-electron chi connectivity index (χ4n) is 2.46. The van der Waals surface area contributed by atoms with E-state index in [4.69, 9.17) is 19.3 Å². The van der Waals surface area contributed by atoms with E-state index in [9.17, 15) is 35.7 Å². The van der Waals surface area contributed by atoms with Crippen LogP contribution in [0.5, 0.6) is 0 Å². The van der Waals surface area contributed by atoms with Gasteiger partial charge < -0.3 is 55.1 Å². The van der Waals surface area contributed by atoms with Gasteiger partial charge in [-0.2, -0.15) is 0 Å². The van der Waals surface area contributed by atoms with Crippen molar-refractivity contribution in [3.63, 3.8) is 0 Å². The Morgan fingerprint density at radius 3 is 1.83 bits per heavy atom. The van der Waals surface area contributed by atoms with Crippen LogP contribution in [0.25, 0.3) is 0 Å². The maximum absolute atomic E-state index is 9.78. The molecule has 136 valence electrons. The first-order chi connectivity index (χ1) is 10.8. The Labute approximate surface area is 130 Å². The number of hydrogen-bond acceptors (Lipinski definition) is 11. The summed E-state index contributed by atoms with van der Waals surface area (Å²) in [5, 5.41) is 76.1. The number of aliphatic hydroxyl groups is 8. The summed E-state index contributed by atoms with van der Waals surface area (Å²) in [7, 11) is 0. The highest BCUT2D eigenvalue weighted by atomic mass is 16.7. The van der Waals surface area contributed by atoms with Gasteiger partial charge in [-0.15, -0.1) is 0 Å². The molecule has 2 saturated heterocycles. The Bertz CT molecular complexity index is 380. The van der Waals surface area contributed by atoms with E-state index >= 15 is 0 Å². The predicted octanol–water partition coefficient (Wildman–Crippen LogP) is -5.40. The summed E-state index contributed by atoms with van der Waals surface area (Å²) < 4.78 is 15.1. The zero-order valence-corrected chi connectivity index (χ0v) is 12.0. The molecule has 0 spiro atoms. The molecule has 11 nitrogen and oxygen atoms in total. The van der Waals surface area contributed by atoms with E-state index in [-0.39, 0.29) is 0 Å². The van der Waals surface area contributed by atoms with Crippen LogP contribution >= 0.6 is 0 Å². The van der Waals surface area contributed by atoms with Gasteiger partial charge in [0.2, 0.25) is 0 Å². The fourth-order valence-corrected chi connectivity index (χ4v) is 2.46. The van der Waals surface area contributed by atoms with E-state index in [1.807, 2.05) is 0 Å². The zero-order chi connectivity index (χ0) is 17.3. The standard InChI is InChI=1S/C12H22O11/c13-1-3-5(14)8(17)10(19)12(23-3)21-2-4-6(15)7(16)9(18)11(20)22-4/h3-20H,1-2H2/t3?,4?,5-,6-,7?,8?,9?,10?,11-,12+/m1/s1. The minimum absolute atomic E-state index is 0.468. The third kappa shape index (κ3) is 3.81.